The molecule has 0 unspecified atom stereocenters. The van der Waals surface area contributed by atoms with Gasteiger partial charge in [-0.3, -0.25) is 10.1 Å². The molecule has 0 radical (unpaired) electrons. The van der Waals surface area contributed by atoms with Crippen molar-refractivity contribution in [2.24, 2.45) is 0 Å². The van der Waals surface area contributed by atoms with Gasteiger partial charge < -0.3 is 9.64 Å². The van der Waals surface area contributed by atoms with Gasteiger partial charge >= 0.3 is 0 Å². The Labute approximate surface area is 98.4 Å². The van der Waals surface area contributed by atoms with Crippen LogP contribution in [-0.4, -0.2) is 48.1 Å². The maximum Gasteiger partial charge on any atom is 0.259 e. The maximum absolute atomic E-state index is 12.0. The third-order valence-corrected chi connectivity index (χ3v) is 3.29. The van der Waals surface area contributed by atoms with Crippen LogP contribution >= 0.6 is 11.3 Å². The van der Waals surface area contributed by atoms with Crippen molar-refractivity contribution in [2.45, 2.75) is 12.5 Å². The molecule has 5 nitrogen and oxygen atoms in total. The van der Waals surface area contributed by atoms with Gasteiger partial charge in [-0.1, -0.05) is 0 Å². The van der Waals surface area contributed by atoms with E-state index in [0.717, 1.165) is 6.54 Å². The summed E-state index contributed by atoms with van der Waals surface area (Å²) in [7, 11) is 1.98. The predicted octanol–water partition coefficient (Wildman–Crippen LogP) is 0.802. The van der Waals surface area contributed by atoms with Gasteiger partial charge in [0.05, 0.1) is 6.61 Å². The molecule has 2 rings (SSSR count). The van der Waals surface area contributed by atoms with E-state index in [1.165, 1.54) is 11.3 Å². The number of hydrogen-bond donors (Lipinski definition) is 1. The number of amides is 1. The zero-order valence-corrected chi connectivity index (χ0v) is 10.2. The monoisotopic (exact) mass is 241 g/mol. The Kier molecular flexibility index (Phi) is 3.22. The largest absolute Gasteiger partial charge is 0.363 e. The second-order valence-corrected chi connectivity index (χ2v) is 5.00. The number of aromatic nitrogens is 1. The summed E-state index contributed by atoms with van der Waals surface area (Å²) in [5, 5.41) is 5.21. The lowest BCUT2D eigenvalue weighted by Gasteiger charge is -2.37. The minimum Gasteiger partial charge on any atom is -0.363 e. The molecule has 1 aromatic heterocycles. The van der Waals surface area contributed by atoms with Crippen LogP contribution in [0.2, 0.25) is 0 Å². The Morgan fingerprint density at radius 2 is 2.56 bits per heavy atom. The molecule has 6 heteroatoms. The number of anilines is 1. The van der Waals surface area contributed by atoms with Gasteiger partial charge in [0.15, 0.2) is 10.7 Å². The zero-order chi connectivity index (χ0) is 11.6. The van der Waals surface area contributed by atoms with E-state index in [2.05, 4.69) is 15.2 Å². The van der Waals surface area contributed by atoms with Gasteiger partial charge in [-0.15, -0.1) is 11.3 Å². The lowest BCUT2D eigenvalue weighted by Crippen LogP contribution is -2.55. The molecule has 0 aliphatic carbocycles. The number of nitrogens with one attached hydrogen (secondary N) is 1. The number of thiazole rings is 1. The molecule has 88 valence electrons. The van der Waals surface area contributed by atoms with Crippen LogP contribution in [0.4, 0.5) is 5.13 Å². The first-order chi connectivity index (χ1) is 7.60. The van der Waals surface area contributed by atoms with Crippen molar-refractivity contribution in [1.82, 2.24) is 9.88 Å². The van der Waals surface area contributed by atoms with Crippen molar-refractivity contribution in [3.8, 4) is 0 Å². The molecular formula is C10H15N3O2S. The molecular weight excluding hydrogens is 226 g/mol. The standard InChI is InChI=1S/C10H15N3O2S/c1-10(7-13(2)4-5-15-10)8(14)12-9-11-3-6-16-9/h3,6H,4-5,7H2,1-2H3,(H,11,12,14)/t10-/m1/s1. The average Bonchev–Trinajstić information content (AvgIpc) is 2.70. The highest BCUT2D eigenvalue weighted by Gasteiger charge is 2.38. The topological polar surface area (TPSA) is 54.5 Å². The Bertz CT molecular complexity index is 368. The van der Waals surface area contributed by atoms with Crippen LogP contribution in [0.1, 0.15) is 6.92 Å². The smallest absolute Gasteiger partial charge is 0.259 e. The molecule has 1 atom stereocenters. The Balaban J connectivity index is 2.02. The van der Waals surface area contributed by atoms with E-state index >= 15 is 0 Å². The molecule has 1 aromatic rings. The van der Waals surface area contributed by atoms with Crippen molar-refractivity contribution in [3.63, 3.8) is 0 Å². The quantitative estimate of drug-likeness (QED) is 0.832. The Morgan fingerprint density at radius 3 is 3.19 bits per heavy atom. The highest BCUT2D eigenvalue weighted by Crippen LogP contribution is 2.20. The third-order valence-electron chi connectivity index (χ3n) is 2.60. The Hall–Kier alpha value is -0.980. The van der Waals surface area contributed by atoms with Crippen LogP contribution in [0.3, 0.4) is 0 Å². The molecule has 1 aliphatic rings. The van der Waals surface area contributed by atoms with Gasteiger partial charge in [-0.25, -0.2) is 4.98 Å². The van der Waals surface area contributed by atoms with E-state index in [1.54, 1.807) is 6.20 Å². The minimum absolute atomic E-state index is 0.131. The number of likely N-dealkylation sites (N-methyl/N-ethyl adjacent to an activating group) is 1. The van der Waals surface area contributed by atoms with Crippen molar-refractivity contribution in [2.75, 3.05) is 32.1 Å². The molecule has 1 amide bonds. The van der Waals surface area contributed by atoms with Crippen LogP contribution in [0, 0.1) is 0 Å². The van der Waals surface area contributed by atoms with Gasteiger partial charge in [-0.2, -0.15) is 0 Å². The molecule has 0 saturated carbocycles. The molecule has 1 saturated heterocycles. The van der Waals surface area contributed by atoms with Crippen LogP contribution in [0.15, 0.2) is 11.6 Å². The molecule has 1 fully saturated rings. The summed E-state index contributed by atoms with van der Waals surface area (Å²) in [5.41, 5.74) is -0.779. The van der Waals surface area contributed by atoms with Crippen molar-refractivity contribution >= 4 is 22.4 Å². The SMILES string of the molecule is CN1CCO[C@@](C)(C(=O)Nc2nccs2)C1. The summed E-state index contributed by atoms with van der Waals surface area (Å²) >= 11 is 1.40. The first-order valence-electron chi connectivity index (χ1n) is 5.14. The zero-order valence-electron chi connectivity index (χ0n) is 9.40. The summed E-state index contributed by atoms with van der Waals surface area (Å²) in [6, 6.07) is 0. The number of morpholine rings is 1. The first-order valence-corrected chi connectivity index (χ1v) is 6.01. The van der Waals surface area contributed by atoms with Gasteiger partial charge in [0.25, 0.3) is 5.91 Å². The molecule has 0 bridgehead atoms. The van der Waals surface area contributed by atoms with Crippen LogP contribution in [0.25, 0.3) is 0 Å². The second-order valence-electron chi connectivity index (χ2n) is 4.11. The van der Waals surface area contributed by atoms with Gasteiger partial charge in [0, 0.05) is 24.7 Å². The van der Waals surface area contributed by atoms with Crippen LogP contribution < -0.4 is 5.32 Å². The molecule has 0 aromatic carbocycles. The predicted molar refractivity (Wildman–Crippen MR) is 62.6 cm³/mol. The number of ether oxygens (including phenoxy) is 1. The first kappa shape index (κ1) is 11.5. The van der Waals surface area contributed by atoms with Crippen molar-refractivity contribution in [3.05, 3.63) is 11.6 Å². The van der Waals surface area contributed by atoms with Crippen molar-refractivity contribution < 1.29 is 9.53 Å². The fourth-order valence-corrected chi connectivity index (χ4v) is 2.24. The van der Waals surface area contributed by atoms with E-state index in [-0.39, 0.29) is 5.91 Å². The van der Waals surface area contributed by atoms with Gasteiger partial charge in [0.2, 0.25) is 0 Å². The number of carbonyl (C=O) groups excluding carboxylic acids is 1. The van der Waals surface area contributed by atoms with E-state index in [4.69, 9.17) is 4.74 Å². The summed E-state index contributed by atoms with van der Waals surface area (Å²) in [6.07, 6.45) is 1.66. The van der Waals surface area contributed by atoms with E-state index in [9.17, 15) is 4.79 Å². The van der Waals surface area contributed by atoms with E-state index in [1.807, 2.05) is 19.4 Å². The van der Waals surface area contributed by atoms with E-state index in [0.29, 0.717) is 18.3 Å². The fourth-order valence-electron chi connectivity index (χ4n) is 1.72. The van der Waals surface area contributed by atoms with E-state index < -0.39 is 5.60 Å². The molecule has 16 heavy (non-hydrogen) atoms. The summed E-state index contributed by atoms with van der Waals surface area (Å²) in [5.74, 6) is -0.131. The highest BCUT2D eigenvalue weighted by molar-refractivity contribution is 7.13. The fraction of sp³-hybridized carbons (Fsp3) is 0.600. The van der Waals surface area contributed by atoms with Crippen molar-refractivity contribution in [1.29, 1.82) is 0 Å². The molecule has 0 spiro atoms. The summed E-state index contributed by atoms with van der Waals surface area (Å²) in [4.78, 5) is 18.1. The number of carbonyl (C=O) groups is 1. The number of rotatable bonds is 2. The molecule has 1 N–H and O–H groups in total. The second kappa shape index (κ2) is 4.48. The minimum atomic E-state index is -0.779. The summed E-state index contributed by atoms with van der Waals surface area (Å²) in [6.45, 7) is 3.86. The lowest BCUT2D eigenvalue weighted by atomic mass is 10.0. The third kappa shape index (κ3) is 2.40. The van der Waals surface area contributed by atoms with Gasteiger partial charge in [-0.05, 0) is 14.0 Å². The Morgan fingerprint density at radius 1 is 1.75 bits per heavy atom. The van der Waals surface area contributed by atoms with Crippen LogP contribution in [0.5, 0.6) is 0 Å². The number of hydrogen-bond acceptors (Lipinski definition) is 5. The number of nitrogens with zero attached hydrogens (tertiary/aromatic N) is 2. The molecule has 1 aliphatic heterocycles. The normalized spacial score (nSPS) is 26.6. The van der Waals surface area contributed by atoms with Crippen LogP contribution in [-0.2, 0) is 9.53 Å². The van der Waals surface area contributed by atoms with Gasteiger partial charge in [0.1, 0.15) is 0 Å². The average molecular weight is 241 g/mol. The highest BCUT2D eigenvalue weighted by atomic mass is 32.1. The molecule has 2 heterocycles. The lowest BCUT2D eigenvalue weighted by molar-refractivity contribution is -0.149. The summed E-state index contributed by atoms with van der Waals surface area (Å²) < 4.78 is 5.57. The maximum atomic E-state index is 12.0.